The van der Waals surface area contributed by atoms with Crippen molar-refractivity contribution in [2.24, 2.45) is 11.8 Å². The lowest BCUT2D eigenvalue weighted by Crippen LogP contribution is -2.69. The molecule has 1 aromatic rings. The van der Waals surface area contributed by atoms with E-state index in [1.807, 2.05) is 0 Å². The van der Waals surface area contributed by atoms with Crippen molar-refractivity contribution >= 4 is 17.6 Å². The highest BCUT2D eigenvalue weighted by molar-refractivity contribution is 5.99. The number of hydrogen-bond donors (Lipinski definition) is 0. The van der Waals surface area contributed by atoms with Crippen molar-refractivity contribution in [1.29, 1.82) is 0 Å². The summed E-state index contributed by atoms with van der Waals surface area (Å²) in [5.41, 5.74) is 5.19. The highest BCUT2D eigenvalue weighted by Crippen LogP contribution is 2.65. The van der Waals surface area contributed by atoms with E-state index in [1.165, 1.54) is 49.9 Å². The van der Waals surface area contributed by atoms with Gasteiger partial charge < -0.3 is 14.4 Å². The number of nitrogens with zero attached hydrogens (tertiary/aromatic N) is 3. The van der Waals surface area contributed by atoms with E-state index in [1.54, 1.807) is 11.6 Å². The Kier molecular flexibility index (Phi) is 4.64. The SMILES string of the molecule is O=C1C=C2C=C[C@@H]3C[C@@]2(O1)[C@H]1CCCCN31.O=C1C[C@@H]2OCC=C3CN4CC[C@]56c7ccccc7N1[C@H]5[C@H]2[C@H]3C[C@H]46. The molecule has 8 aliphatic heterocycles. The van der Waals surface area contributed by atoms with Gasteiger partial charge in [-0.1, -0.05) is 48.4 Å². The first-order valence-electron chi connectivity index (χ1n) is 15.9. The molecule has 11 rings (SSSR count). The first-order valence-corrected chi connectivity index (χ1v) is 15.9. The molecule has 212 valence electrons. The molecule has 0 N–H and O–H groups in total. The molecule has 7 nitrogen and oxygen atoms in total. The summed E-state index contributed by atoms with van der Waals surface area (Å²) in [4.78, 5) is 32.1. The Morgan fingerprint density at radius 3 is 2.93 bits per heavy atom. The second-order valence-electron chi connectivity index (χ2n) is 14.1. The summed E-state index contributed by atoms with van der Waals surface area (Å²) in [6.45, 7) is 4.13. The van der Waals surface area contributed by atoms with Crippen LogP contribution in [0, 0.1) is 11.8 Å². The zero-order valence-corrected chi connectivity index (χ0v) is 23.4. The monoisotopic (exact) mass is 551 g/mol. The first-order chi connectivity index (χ1) is 20.1. The smallest absolute Gasteiger partial charge is 0.332 e. The summed E-state index contributed by atoms with van der Waals surface area (Å²) < 4.78 is 11.9. The Morgan fingerprint density at radius 1 is 1.05 bits per heavy atom. The van der Waals surface area contributed by atoms with Gasteiger partial charge >= 0.3 is 5.97 Å². The fraction of sp³-hybridized carbons (Fsp3) is 0.588. The molecular weight excluding hydrogens is 514 g/mol. The van der Waals surface area contributed by atoms with E-state index in [9.17, 15) is 9.59 Å². The lowest BCUT2D eigenvalue weighted by Gasteiger charge is -2.58. The molecule has 6 fully saturated rings. The number of anilines is 1. The Balaban J connectivity index is 0.000000123. The second kappa shape index (κ2) is 8.00. The molecule has 0 unspecified atom stereocenters. The molecule has 41 heavy (non-hydrogen) atoms. The highest BCUT2D eigenvalue weighted by Gasteiger charge is 2.71. The van der Waals surface area contributed by atoms with Crippen LogP contribution < -0.4 is 4.90 Å². The van der Waals surface area contributed by atoms with Crippen LogP contribution in [0.15, 0.2) is 59.7 Å². The first kappa shape index (κ1) is 23.8. The van der Waals surface area contributed by atoms with E-state index in [-0.39, 0.29) is 29.0 Å². The third-order valence-electron chi connectivity index (χ3n) is 12.8. The van der Waals surface area contributed by atoms with Gasteiger partial charge in [0, 0.05) is 53.7 Å². The van der Waals surface area contributed by atoms with E-state index >= 15 is 0 Å². The summed E-state index contributed by atoms with van der Waals surface area (Å²) in [5, 5.41) is 0. The summed E-state index contributed by atoms with van der Waals surface area (Å²) in [6.07, 6.45) is 16.2. The predicted molar refractivity (Wildman–Crippen MR) is 152 cm³/mol. The van der Waals surface area contributed by atoms with Crippen molar-refractivity contribution in [3.05, 3.63) is 65.3 Å². The van der Waals surface area contributed by atoms with E-state index in [4.69, 9.17) is 9.47 Å². The quantitative estimate of drug-likeness (QED) is 0.364. The number of fused-ring (bicyclic) bond motifs is 5. The maximum Gasteiger partial charge on any atom is 0.332 e. The summed E-state index contributed by atoms with van der Waals surface area (Å²) in [7, 11) is 0. The normalized spacial score (nSPS) is 45.6. The molecule has 8 heterocycles. The summed E-state index contributed by atoms with van der Waals surface area (Å²) >= 11 is 0. The molecule has 1 saturated carbocycles. The van der Waals surface area contributed by atoms with Gasteiger partial charge in [-0.25, -0.2) is 4.79 Å². The number of rotatable bonds is 0. The molecule has 4 bridgehead atoms. The molecule has 2 aliphatic carbocycles. The van der Waals surface area contributed by atoms with E-state index in [0.29, 0.717) is 49.0 Å². The van der Waals surface area contributed by atoms with Crippen LogP contribution in [-0.4, -0.2) is 83.8 Å². The Hall–Kier alpha value is -2.74. The summed E-state index contributed by atoms with van der Waals surface area (Å²) in [5.74, 6) is 1.20. The van der Waals surface area contributed by atoms with Crippen LogP contribution in [0.25, 0.3) is 0 Å². The third kappa shape index (κ3) is 2.82. The van der Waals surface area contributed by atoms with Gasteiger partial charge in [-0.05, 0) is 56.3 Å². The van der Waals surface area contributed by atoms with Gasteiger partial charge in [-0.2, -0.15) is 0 Å². The fourth-order valence-corrected chi connectivity index (χ4v) is 11.4. The van der Waals surface area contributed by atoms with Crippen molar-refractivity contribution in [3.63, 3.8) is 0 Å². The second-order valence-corrected chi connectivity index (χ2v) is 14.1. The van der Waals surface area contributed by atoms with Crippen molar-refractivity contribution < 1.29 is 19.1 Å². The lowest BCUT2D eigenvalue weighted by molar-refractivity contribution is -0.148. The van der Waals surface area contributed by atoms with Crippen LogP contribution in [0.3, 0.4) is 0 Å². The Bertz CT molecular complexity index is 1480. The van der Waals surface area contributed by atoms with Gasteiger partial charge in [0.05, 0.1) is 31.2 Å². The molecule has 5 saturated heterocycles. The van der Waals surface area contributed by atoms with Crippen molar-refractivity contribution in [2.75, 3.05) is 31.1 Å². The van der Waals surface area contributed by atoms with Gasteiger partial charge in [0.15, 0.2) is 5.60 Å². The average Bonchev–Trinajstić information content (AvgIpc) is 3.67. The zero-order chi connectivity index (χ0) is 27.1. The molecule has 2 spiro atoms. The molecule has 1 aromatic carbocycles. The van der Waals surface area contributed by atoms with E-state index < -0.39 is 0 Å². The fourth-order valence-electron chi connectivity index (χ4n) is 11.4. The number of hydrogen-bond acceptors (Lipinski definition) is 6. The molecule has 7 heteroatoms. The molecule has 9 atom stereocenters. The maximum atomic E-state index is 13.2. The lowest BCUT2D eigenvalue weighted by atomic mass is 9.53. The van der Waals surface area contributed by atoms with Gasteiger partial charge in [-0.3, -0.25) is 14.6 Å². The van der Waals surface area contributed by atoms with E-state index in [0.717, 1.165) is 25.1 Å². The Labute approximate surface area is 240 Å². The number of amides is 1. The van der Waals surface area contributed by atoms with Crippen molar-refractivity contribution in [3.8, 4) is 0 Å². The maximum absolute atomic E-state index is 13.2. The van der Waals surface area contributed by atoms with Crippen molar-refractivity contribution in [1.82, 2.24) is 9.80 Å². The topological polar surface area (TPSA) is 62.3 Å². The molecule has 1 amide bonds. The predicted octanol–water partition coefficient (Wildman–Crippen LogP) is 3.50. The number of benzene rings is 1. The summed E-state index contributed by atoms with van der Waals surface area (Å²) in [6, 6.07) is 10.6. The molecule has 0 radical (unpaired) electrons. The van der Waals surface area contributed by atoms with Crippen LogP contribution in [0.5, 0.6) is 0 Å². The standard InChI is InChI=1S/C21H22N2O2.C13H15NO2/c24-18-10-16-19-13-9-17-21(6-7-22(17)11-12(13)5-8-25-16)14-3-1-2-4-15(14)23(18)20(19)21;15-12-7-9-4-5-10-8-13(9,16-12)11-3-1-2-6-14(10)11/h1-5,13,16-17,19-20H,6-11H2;4-5,7,10-11H,1-3,6,8H2/t13-,16-,17-,19-,20-,21+;10-,11-,13+/m01/s1. The highest BCUT2D eigenvalue weighted by atomic mass is 16.6. The molecular formula is C34H37N3O4. The number of ether oxygens (including phenoxy) is 2. The number of carbonyl (C=O) groups excluding carboxylic acids is 2. The van der Waals surface area contributed by atoms with Crippen LogP contribution in [0.2, 0.25) is 0 Å². The van der Waals surface area contributed by atoms with Gasteiger partial charge in [0.1, 0.15) is 0 Å². The Morgan fingerprint density at radius 2 is 1.98 bits per heavy atom. The van der Waals surface area contributed by atoms with Gasteiger partial charge in [0.25, 0.3) is 0 Å². The third-order valence-corrected chi connectivity index (χ3v) is 12.8. The minimum absolute atomic E-state index is 0.104. The molecule has 10 aliphatic rings. The van der Waals surface area contributed by atoms with Crippen LogP contribution in [0.4, 0.5) is 5.69 Å². The van der Waals surface area contributed by atoms with Crippen LogP contribution >= 0.6 is 0 Å². The zero-order valence-electron chi connectivity index (χ0n) is 23.4. The van der Waals surface area contributed by atoms with Crippen LogP contribution in [0.1, 0.15) is 50.5 Å². The minimum atomic E-state index is -0.281. The number of esters is 1. The number of piperidine rings is 3. The number of carbonyl (C=O) groups is 2. The largest absolute Gasteiger partial charge is 0.449 e. The van der Waals surface area contributed by atoms with Crippen molar-refractivity contribution in [2.45, 2.75) is 86.2 Å². The average molecular weight is 552 g/mol. The van der Waals surface area contributed by atoms with Crippen LogP contribution in [-0.2, 0) is 24.5 Å². The van der Waals surface area contributed by atoms with Gasteiger partial charge in [-0.15, -0.1) is 0 Å². The molecule has 0 aromatic heterocycles. The minimum Gasteiger partial charge on any atom is -0.449 e. The van der Waals surface area contributed by atoms with Gasteiger partial charge in [0.2, 0.25) is 5.91 Å². The number of para-hydroxylation sites is 1. The van der Waals surface area contributed by atoms with E-state index in [2.05, 4.69) is 57.2 Å².